The Hall–Kier alpha value is -2.24. The van der Waals surface area contributed by atoms with Gasteiger partial charge in [-0.05, 0) is 29.8 Å². The second-order valence-electron chi connectivity index (χ2n) is 5.32. The van der Waals surface area contributed by atoms with Gasteiger partial charge in [-0.2, -0.15) is 0 Å². The molecule has 0 unspecified atom stereocenters. The van der Waals surface area contributed by atoms with E-state index in [0.717, 1.165) is 22.5 Å². The third kappa shape index (κ3) is 5.11. The molecule has 2 aromatic carbocycles. The van der Waals surface area contributed by atoms with Crippen molar-refractivity contribution < 1.29 is 4.74 Å². The van der Waals surface area contributed by atoms with Gasteiger partial charge in [0.15, 0.2) is 11.0 Å². The average Bonchev–Trinajstić information content (AvgIpc) is 2.99. The standard InChI is InChI=1S/C19H18ClN3OS/c1-23-18(14-24-17-11-9-16(20)10-12-17)21-22-19(23)25-13-5-8-15-6-3-2-4-7-15/h2-12H,13-14H2,1H3/b8-5+. The Kier molecular flexibility index (Phi) is 6.14. The molecule has 128 valence electrons. The first-order chi connectivity index (χ1) is 12.2. The number of nitrogens with zero attached hydrogens (tertiary/aromatic N) is 3. The van der Waals surface area contributed by atoms with Gasteiger partial charge >= 0.3 is 0 Å². The summed E-state index contributed by atoms with van der Waals surface area (Å²) in [5.74, 6) is 2.37. The van der Waals surface area contributed by atoms with Gasteiger partial charge in [-0.3, -0.25) is 0 Å². The van der Waals surface area contributed by atoms with Crippen LogP contribution in [0, 0.1) is 0 Å². The molecule has 0 spiro atoms. The largest absolute Gasteiger partial charge is 0.486 e. The number of hydrogen-bond donors (Lipinski definition) is 0. The SMILES string of the molecule is Cn1c(COc2ccc(Cl)cc2)nnc1SC/C=C/c1ccccc1. The zero-order chi connectivity index (χ0) is 17.5. The lowest BCUT2D eigenvalue weighted by atomic mass is 10.2. The van der Waals surface area contributed by atoms with E-state index in [-0.39, 0.29) is 0 Å². The van der Waals surface area contributed by atoms with E-state index in [1.807, 2.05) is 41.9 Å². The first-order valence-corrected chi connectivity index (χ1v) is 9.20. The normalized spacial score (nSPS) is 11.1. The highest BCUT2D eigenvalue weighted by Gasteiger charge is 2.09. The molecule has 0 bridgehead atoms. The van der Waals surface area contributed by atoms with Gasteiger partial charge < -0.3 is 9.30 Å². The zero-order valence-electron chi connectivity index (χ0n) is 13.8. The third-order valence-corrected chi connectivity index (χ3v) is 4.75. The molecule has 3 aromatic rings. The van der Waals surface area contributed by atoms with E-state index >= 15 is 0 Å². The van der Waals surface area contributed by atoms with Crippen LogP contribution in [-0.2, 0) is 13.7 Å². The quantitative estimate of drug-likeness (QED) is 0.556. The van der Waals surface area contributed by atoms with Crippen LogP contribution in [0.3, 0.4) is 0 Å². The average molecular weight is 372 g/mol. The summed E-state index contributed by atoms with van der Waals surface area (Å²) >= 11 is 7.51. The van der Waals surface area contributed by atoms with Crippen LogP contribution in [0.5, 0.6) is 5.75 Å². The van der Waals surface area contributed by atoms with E-state index in [1.165, 1.54) is 5.56 Å². The number of aromatic nitrogens is 3. The van der Waals surface area contributed by atoms with E-state index in [9.17, 15) is 0 Å². The van der Waals surface area contributed by atoms with E-state index in [0.29, 0.717) is 11.6 Å². The molecule has 4 nitrogen and oxygen atoms in total. The van der Waals surface area contributed by atoms with E-state index in [2.05, 4.69) is 34.5 Å². The minimum Gasteiger partial charge on any atom is -0.486 e. The maximum atomic E-state index is 5.87. The molecule has 6 heteroatoms. The van der Waals surface area contributed by atoms with E-state index < -0.39 is 0 Å². The Morgan fingerprint density at radius 1 is 1.08 bits per heavy atom. The van der Waals surface area contributed by atoms with Gasteiger partial charge in [0.05, 0.1) is 0 Å². The molecule has 0 N–H and O–H groups in total. The van der Waals surface area contributed by atoms with E-state index in [1.54, 1.807) is 23.9 Å². The van der Waals surface area contributed by atoms with Crippen molar-refractivity contribution in [3.05, 3.63) is 77.1 Å². The summed E-state index contributed by atoms with van der Waals surface area (Å²) in [4.78, 5) is 0. The van der Waals surface area contributed by atoms with Crippen molar-refractivity contribution in [3.8, 4) is 5.75 Å². The summed E-state index contributed by atoms with van der Waals surface area (Å²) < 4.78 is 7.67. The summed E-state index contributed by atoms with van der Waals surface area (Å²) in [5.41, 5.74) is 1.19. The predicted molar refractivity (Wildman–Crippen MR) is 103 cm³/mol. The smallest absolute Gasteiger partial charge is 0.191 e. The third-order valence-electron chi connectivity index (χ3n) is 3.53. The number of rotatable bonds is 7. The molecular formula is C19H18ClN3OS. The van der Waals surface area contributed by atoms with E-state index in [4.69, 9.17) is 16.3 Å². The molecular weight excluding hydrogens is 354 g/mol. The van der Waals surface area contributed by atoms with Crippen LogP contribution in [0.1, 0.15) is 11.4 Å². The lowest BCUT2D eigenvalue weighted by molar-refractivity contribution is 0.290. The second kappa shape index (κ2) is 8.74. The topological polar surface area (TPSA) is 39.9 Å². The lowest BCUT2D eigenvalue weighted by Gasteiger charge is -2.06. The molecule has 0 aliphatic rings. The molecule has 0 aliphatic heterocycles. The molecule has 0 fully saturated rings. The van der Waals surface area contributed by atoms with Crippen molar-refractivity contribution in [1.29, 1.82) is 0 Å². The summed E-state index contributed by atoms with van der Waals surface area (Å²) in [6, 6.07) is 17.5. The van der Waals surface area contributed by atoms with Crippen LogP contribution >= 0.6 is 23.4 Å². The van der Waals surface area contributed by atoms with Crippen molar-refractivity contribution >= 4 is 29.4 Å². The van der Waals surface area contributed by atoms with Gasteiger partial charge in [-0.15, -0.1) is 10.2 Å². The van der Waals surface area contributed by atoms with Gasteiger partial charge in [0.25, 0.3) is 0 Å². The number of ether oxygens (including phenoxy) is 1. The Morgan fingerprint density at radius 3 is 2.60 bits per heavy atom. The highest BCUT2D eigenvalue weighted by atomic mass is 35.5. The molecule has 1 aromatic heterocycles. The van der Waals surface area contributed by atoms with Gasteiger partial charge in [-0.25, -0.2) is 0 Å². The highest BCUT2D eigenvalue weighted by Crippen LogP contribution is 2.19. The van der Waals surface area contributed by atoms with Crippen molar-refractivity contribution in [2.24, 2.45) is 7.05 Å². The van der Waals surface area contributed by atoms with Crippen LogP contribution in [0.4, 0.5) is 0 Å². The van der Waals surface area contributed by atoms with Crippen LogP contribution in [0.15, 0.2) is 65.8 Å². The maximum Gasteiger partial charge on any atom is 0.191 e. The Bertz CT molecular complexity index is 832. The van der Waals surface area contributed by atoms with Crippen LogP contribution in [-0.4, -0.2) is 20.5 Å². The van der Waals surface area contributed by atoms with Gasteiger partial charge in [-0.1, -0.05) is 65.8 Å². The monoisotopic (exact) mass is 371 g/mol. The minimum absolute atomic E-state index is 0.367. The van der Waals surface area contributed by atoms with Crippen molar-refractivity contribution in [1.82, 2.24) is 14.8 Å². The molecule has 0 atom stereocenters. The fourth-order valence-electron chi connectivity index (χ4n) is 2.15. The molecule has 0 radical (unpaired) electrons. The number of thioether (sulfide) groups is 1. The fraction of sp³-hybridized carbons (Fsp3) is 0.158. The Balaban J connectivity index is 1.52. The van der Waals surface area contributed by atoms with Crippen molar-refractivity contribution in [2.75, 3.05) is 5.75 Å². The number of hydrogen-bond acceptors (Lipinski definition) is 4. The second-order valence-corrected chi connectivity index (χ2v) is 6.75. The zero-order valence-corrected chi connectivity index (χ0v) is 15.4. The molecule has 0 aliphatic carbocycles. The van der Waals surface area contributed by atoms with Crippen molar-refractivity contribution in [2.45, 2.75) is 11.8 Å². The summed E-state index contributed by atoms with van der Waals surface area (Å²) in [7, 11) is 1.95. The fourth-order valence-corrected chi connectivity index (χ4v) is 3.01. The van der Waals surface area contributed by atoms with Crippen molar-refractivity contribution in [3.63, 3.8) is 0 Å². The van der Waals surface area contributed by atoms with Crippen LogP contribution in [0.2, 0.25) is 5.02 Å². The van der Waals surface area contributed by atoms with Gasteiger partial charge in [0.1, 0.15) is 12.4 Å². The number of benzene rings is 2. The molecule has 0 saturated heterocycles. The predicted octanol–water partition coefficient (Wildman–Crippen LogP) is 4.85. The molecule has 1 heterocycles. The first-order valence-electron chi connectivity index (χ1n) is 7.83. The summed E-state index contributed by atoms with van der Waals surface area (Å²) in [6.07, 6.45) is 4.23. The Labute approximate surface area is 156 Å². The molecule has 0 amide bonds. The van der Waals surface area contributed by atoms with Gasteiger partial charge in [0, 0.05) is 17.8 Å². The summed E-state index contributed by atoms with van der Waals surface area (Å²) in [6.45, 7) is 0.367. The molecule has 25 heavy (non-hydrogen) atoms. The van der Waals surface area contributed by atoms with Gasteiger partial charge in [0.2, 0.25) is 0 Å². The Morgan fingerprint density at radius 2 is 1.84 bits per heavy atom. The molecule has 3 rings (SSSR count). The molecule has 0 saturated carbocycles. The minimum atomic E-state index is 0.367. The maximum absolute atomic E-state index is 5.87. The summed E-state index contributed by atoms with van der Waals surface area (Å²) in [5, 5.41) is 9.99. The van der Waals surface area contributed by atoms with Crippen LogP contribution in [0.25, 0.3) is 6.08 Å². The van der Waals surface area contributed by atoms with Crippen LogP contribution < -0.4 is 4.74 Å². The lowest BCUT2D eigenvalue weighted by Crippen LogP contribution is -2.04. The highest BCUT2D eigenvalue weighted by molar-refractivity contribution is 7.99. The number of halogens is 1. The first kappa shape index (κ1) is 17.6.